The number of hydrogen-bond donors (Lipinski definition) is 1. The number of nitrogens with one attached hydrogen (secondary N) is 1. The molecule has 2 heterocycles. The van der Waals surface area contributed by atoms with Crippen LogP contribution in [-0.2, 0) is 40.7 Å². The number of hydrogen-bond acceptors (Lipinski definition) is 10. The second kappa shape index (κ2) is 15.6. The number of rotatable bonds is 13. The summed E-state index contributed by atoms with van der Waals surface area (Å²) in [6, 6.07) is 8.65. The maximum Gasteiger partial charge on any atom is 0.387 e. The number of pyridine rings is 1. The maximum atomic E-state index is 13.6. The van der Waals surface area contributed by atoms with Gasteiger partial charge in [-0.25, -0.2) is 31.8 Å². The summed E-state index contributed by atoms with van der Waals surface area (Å²) in [4.78, 5) is 15.6. The van der Waals surface area contributed by atoms with Crippen molar-refractivity contribution in [1.29, 1.82) is 0 Å². The van der Waals surface area contributed by atoms with Gasteiger partial charge in [0, 0.05) is 18.5 Å². The lowest BCUT2D eigenvalue weighted by molar-refractivity contribution is -0.377. The van der Waals surface area contributed by atoms with Crippen LogP contribution in [0.15, 0.2) is 64.6 Å². The zero-order valence-electron chi connectivity index (χ0n) is 24.9. The van der Waals surface area contributed by atoms with Crippen LogP contribution < -0.4 is 19.6 Å². The SMILES string of the molecule is NS(=O)(=O)c1cccc(S(=O)(=O)N2CCOC(C(=O)O[C@@H](Cc3c(Cl)c[nH+]cc3Cl)c3ccc(OC(F)F)c(OCC4CC4)c3)C2)c1.[OH-]. The van der Waals surface area contributed by atoms with E-state index >= 15 is 0 Å². The lowest BCUT2D eigenvalue weighted by Crippen LogP contribution is -2.49. The monoisotopic (exact) mass is 753 g/mol. The lowest BCUT2D eigenvalue weighted by atomic mass is 10.0. The van der Waals surface area contributed by atoms with Crippen molar-refractivity contribution in [3.8, 4) is 11.5 Å². The molecule has 48 heavy (non-hydrogen) atoms. The first-order valence-electron chi connectivity index (χ1n) is 14.2. The number of H-pyrrole nitrogens is 1. The van der Waals surface area contributed by atoms with Gasteiger partial charge < -0.3 is 24.4 Å². The van der Waals surface area contributed by atoms with Crippen molar-refractivity contribution >= 4 is 49.2 Å². The molecule has 1 aromatic heterocycles. The highest BCUT2D eigenvalue weighted by Gasteiger charge is 2.37. The van der Waals surface area contributed by atoms with E-state index in [0.717, 1.165) is 29.3 Å². The van der Waals surface area contributed by atoms with Crippen molar-refractivity contribution in [2.24, 2.45) is 11.1 Å². The van der Waals surface area contributed by atoms with Crippen LogP contribution in [0.25, 0.3) is 0 Å². The molecular formula is C29H31Cl2F2N3O10S2. The van der Waals surface area contributed by atoms with E-state index in [1.54, 1.807) is 0 Å². The number of carbonyl (C=O) groups is 1. The van der Waals surface area contributed by atoms with Crippen LogP contribution in [0.4, 0.5) is 8.78 Å². The van der Waals surface area contributed by atoms with E-state index in [1.165, 1.54) is 42.7 Å². The third-order valence-corrected chi connectivity index (χ3v) is 10.9. The van der Waals surface area contributed by atoms with Crippen LogP contribution in [0.2, 0.25) is 10.0 Å². The second-order valence-corrected chi connectivity index (χ2v) is 15.2. The molecule has 0 spiro atoms. The minimum Gasteiger partial charge on any atom is -0.870 e. The van der Waals surface area contributed by atoms with E-state index < -0.39 is 56.3 Å². The van der Waals surface area contributed by atoms with Gasteiger partial charge in [-0.3, -0.25) is 0 Å². The quantitative estimate of drug-likeness (QED) is 0.252. The van der Waals surface area contributed by atoms with Crippen LogP contribution >= 0.6 is 23.2 Å². The molecule has 3 aromatic rings. The highest BCUT2D eigenvalue weighted by atomic mass is 35.5. The van der Waals surface area contributed by atoms with Gasteiger partial charge >= 0.3 is 12.6 Å². The van der Waals surface area contributed by atoms with Gasteiger partial charge in [-0.1, -0.05) is 35.3 Å². The topological polar surface area (TPSA) is 196 Å². The Hall–Kier alpha value is -3.16. The van der Waals surface area contributed by atoms with Gasteiger partial charge in [-0.2, -0.15) is 13.1 Å². The molecule has 262 valence electrons. The maximum absolute atomic E-state index is 13.6. The number of halogens is 4. The van der Waals surface area contributed by atoms with Gasteiger partial charge in [0.2, 0.25) is 20.0 Å². The Balaban J connectivity index is 0.00000520. The summed E-state index contributed by atoms with van der Waals surface area (Å²) in [6.45, 7) is -3.59. The summed E-state index contributed by atoms with van der Waals surface area (Å²) in [5.41, 5.74) is 0.729. The number of aromatic nitrogens is 1. The first kappa shape index (κ1) is 37.7. The van der Waals surface area contributed by atoms with Gasteiger partial charge in [0.05, 0.1) is 29.5 Å². The average Bonchev–Trinajstić information content (AvgIpc) is 3.86. The molecule has 2 fully saturated rings. The molecule has 0 amide bonds. The lowest BCUT2D eigenvalue weighted by Gasteiger charge is -2.32. The van der Waals surface area contributed by atoms with Crippen LogP contribution in [0.3, 0.4) is 0 Å². The molecule has 1 aliphatic heterocycles. The van der Waals surface area contributed by atoms with Gasteiger partial charge in [-0.15, -0.1) is 0 Å². The number of ether oxygens (including phenoxy) is 4. The smallest absolute Gasteiger partial charge is 0.387 e. The zero-order valence-corrected chi connectivity index (χ0v) is 28.1. The molecule has 5 rings (SSSR count). The summed E-state index contributed by atoms with van der Waals surface area (Å²) in [5.74, 6) is -0.837. The Labute approximate surface area is 285 Å². The summed E-state index contributed by atoms with van der Waals surface area (Å²) < 4.78 is 99.6. The fourth-order valence-electron chi connectivity index (χ4n) is 4.77. The Morgan fingerprint density at radius 1 is 1.04 bits per heavy atom. The van der Waals surface area contributed by atoms with Crippen LogP contribution in [0.5, 0.6) is 11.5 Å². The molecule has 0 radical (unpaired) electrons. The van der Waals surface area contributed by atoms with E-state index in [-0.39, 0.29) is 64.0 Å². The van der Waals surface area contributed by atoms with Crippen LogP contribution in [0.1, 0.15) is 30.1 Å². The molecule has 1 saturated carbocycles. The third kappa shape index (κ3) is 9.29. The molecule has 13 nitrogen and oxygen atoms in total. The number of carbonyl (C=O) groups excluding carboxylic acids is 1. The fourth-order valence-corrected chi connectivity index (χ4v) is 7.41. The molecule has 19 heteroatoms. The number of aromatic amines is 1. The number of benzene rings is 2. The molecule has 2 atom stereocenters. The Morgan fingerprint density at radius 3 is 2.38 bits per heavy atom. The molecule has 2 aliphatic rings. The molecular weight excluding hydrogens is 723 g/mol. The van der Waals surface area contributed by atoms with Crippen molar-refractivity contribution in [2.45, 2.75) is 47.9 Å². The third-order valence-electron chi connectivity index (χ3n) is 7.44. The molecule has 1 aliphatic carbocycles. The zero-order chi connectivity index (χ0) is 33.9. The van der Waals surface area contributed by atoms with Crippen molar-refractivity contribution < 1.29 is 59.8 Å². The van der Waals surface area contributed by atoms with E-state index in [2.05, 4.69) is 9.72 Å². The first-order valence-corrected chi connectivity index (χ1v) is 18.0. The van der Waals surface area contributed by atoms with Crippen molar-refractivity contribution in [1.82, 2.24) is 4.31 Å². The number of alkyl halides is 2. The minimum absolute atomic E-state index is 0. The van der Waals surface area contributed by atoms with Crippen molar-refractivity contribution in [2.75, 3.05) is 26.3 Å². The number of esters is 1. The Bertz CT molecular complexity index is 1830. The number of morpholine rings is 1. The number of primary sulfonamides is 1. The summed E-state index contributed by atoms with van der Waals surface area (Å²) in [7, 11) is -8.47. The highest BCUT2D eigenvalue weighted by molar-refractivity contribution is 7.90. The summed E-state index contributed by atoms with van der Waals surface area (Å²) >= 11 is 12.8. The summed E-state index contributed by atoms with van der Waals surface area (Å²) in [6.07, 6.45) is 2.27. The predicted molar refractivity (Wildman–Crippen MR) is 165 cm³/mol. The largest absolute Gasteiger partial charge is 0.870 e. The van der Waals surface area contributed by atoms with Gasteiger partial charge in [-0.05, 0) is 54.7 Å². The summed E-state index contributed by atoms with van der Waals surface area (Å²) in [5, 5.41) is 5.63. The number of nitrogens with two attached hydrogens (primary N) is 1. The molecule has 1 unspecified atom stereocenters. The normalized spacial score (nSPS) is 17.8. The van der Waals surface area contributed by atoms with Gasteiger partial charge in [0.15, 0.2) is 30.0 Å². The molecule has 4 N–H and O–H groups in total. The average molecular weight is 755 g/mol. The van der Waals surface area contributed by atoms with Crippen LogP contribution in [0, 0.1) is 5.92 Å². The first-order chi connectivity index (χ1) is 22.2. The number of sulfonamides is 2. The van der Waals surface area contributed by atoms with Gasteiger partial charge in [0.1, 0.15) is 16.1 Å². The van der Waals surface area contributed by atoms with E-state index in [1.807, 2.05) is 0 Å². The second-order valence-electron chi connectivity index (χ2n) is 10.8. The van der Waals surface area contributed by atoms with E-state index in [9.17, 15) is 30.4 Å². The highest BCUT2D eigenvalue weighted by Crippen LogP contribution is 2.38. The molecule has 2 aromatic carbocycles. The standard InChI is InChI=1S/C29H29Cl2F2N3O9S2.H2O/c30-22-13-35-14-23(31)21(22)12-25(18-6-7-24(45-29(32)33)26(10-18)43-16-17-4-5-17)44-28(37)27-15-36(8-9-42-27)47(40,41)20-3-1-2-19(11-20)46(34,38)39;/h1-3,6-7,10-11,13-14,17,25,27,29H,4-5,8-9,12,15-16H2,(H2,34,38,39);1H2/t25-,27?;/m0./s1. The van der Waals surface area contributed by atoms with Gasteiger partial charge in [0.25, 0.3) is 0 Å². The predicted octanol–water partition coefficient (Wildman–Crippen LogP) is 3.59. The van der Waals surface area contributed by atoms with Crippen molar-refractivity contribution in [3.63, 3.8) is 0 Å². The number of nitrogens with zero attached hydrogens (tertiary/aromatic N) is 1. The minimum atomic E-state index is -4.28. The Morgan fingerprint density at radius 2 is 1.73 bits per heavy atom. The van der Waals surface area contributed by atoms with E-state index in [0.29, 0.717) is 11.1 Å². The van der Waals surface area contributed by atoms with Crippen LogP contribution in [-0.4, -0.2) is 71.6 Å². The van der Waals surface area contributed by atoms with Crippen molar-refractivity contribution in [3.05, 3.63) is 76.0 Å². The molecule has 1 saturated heterocycles. The van der Waals surface area contributed by atoms with E-state index in [4.69, 9.17) is 42.6 Å². The fraction of sp³-hybridized carbons (Fsp3) is 0.379. The molecule has 0 bridgehead atoms. The Kier molecular flexibility index (Phi) is 12.2.